The lowest BCUT2D eigenvalue weighted by Crippen LogP contribution is -2.05. The summed E-state index contributed by atoms with van der Waals surface area (Å²) in [5.74, 6) is 0.932. The highest BCUT2D eigenvalue weighted by Gasteiger charge is 2.09. The molecule has 2 rings (SSSR count). The molecular weight excluding hydrogens is 250 g/mol. The molecule has 0 saturated carbocycles. The maximum Gasteiger partial charge on any atom is 0.122 e. The third-order valence-corrected chi connectivity index (χ3v) is 3.22. The van der Waals surface area contributed by atoms with E-state index in [0.717, 1.165) is 40.2 Å². The van der Waals surface area contributed by atoms with Gasteiger partial charge in [0.25, 0.3) is 0 Å². The predicted octanol–water partition coefficient (Wildman–Crippen LogP) is 2.66. The zero-order valence-electron chi connectivity index (χ0n) is 12.3. The van der Waals surface area contributed by atoms with Crippen molar-refractivity contribution in [3.05, 3.63) is 41.1 Å². The molecule has 1 aromatic carbocycles. The van der Waals surface area contributed by atoms with E-state index in [1.54, 1.807) is 0 Å². The van der Waals surface area contributed by atoms with Crippen LogP contribution in [0.1, 0.15) is 23.7 Å². The van der Waals surface area contributed by atoms with Crippen LogP contribution >= 0.6 is 0 Å². The molecule has 0 atom stereocenters. The molecule has 0 saturated heterocycles. The van der Waals surface area contributed by atoms with Gasteiger partial charge in [-0.1, -0.05) is 0 Å². The van der Waals surface area contributed by atoms with E-state index in [4.69, 9.17) is 10.5 Å². The molecule has 0 aliphatic rings. The number of nitrogens with zero attached hydrogens (tertiary/aromatic N) is 2. The average Bonchev–Trinajstić information content (AvgIpc) is 2.44. The van der Waals surface area contributed by atoms with Gasteiger partial charge in [-0.25, -0.2) is 0 Å². The minimum Gasteiger partial charge on any atom is -0.494 e. The van der Waals surface area contributed by atoms with E-state index >= 15 is 0 Å². The molecule has 1 aromatic heterocycles. The molecule has 0 spiro atoms. The molecule has 0 fully saturated rings. The highest BCUT2D eigenvalue weighted by Crippen LogP contribution is 2.28. The summed E-state index contributed by atoms with van der Waals surface area (Å²) in [7, 11) is 0. The first-order chi connectivity index (χ1) is 9.65. The van der Waals surface area contributed by atoms with Gasteiger partial charge in [-0.05, 0) is 62.7 Å². The molecule has 106 valence electrons. The molecule has 4 nitrogen and oxygen atoms in total. The second-order valence-corrected chi connectivity index (χ2v) is 4.81. The van der Waals surface area contributed by atoms with Crippen LogP contribution in [0.15, 0.2) is 24.3 Å². The van der Waals surface area contributed by atoms with Gasteiger partial charge in [-0.15, -0.1) is 0 Å². The number of hydrogen-bond donors (Lipinski definition) is 1. The minimum atomic E-state index is 0.592. The van der Waals surface area contributed by atoms with Crippen molar-refractivity contribution in [2.24, 2.45) is 5.73 Å². The normalized spacial score (nSPS) is 10.6. The second-order valence-electron chi connectivity index (χ2n) is 4.81. The monoisotopic (exact) mass is 271 g/mol. The van der Waals surface area contributed by atoms with Crippen LogP contribution in [0.5, 0.6) is 5.75 Å². The molecule has 2 N–H and O–H groups in total. The Morgan fingerprint density at radius 1 is 1.10 bits per heavy atom. The molecule has 0 bridgehead atoms. The average molecular weight is 271 g/mol. The van der Waals surface area contributed by atoms with Crippen LogP contribution in [-0.2, 0) is 6.42 Å². The predicted molar refractivity (Wildman–Crippen MR) is 80.9 cm³/mol. The molecular formula is C16H21N3O. The summed E-state index contributed by atoms with van der Waals surface area (Å²) < 4.78 is 5.61. The van der Waals surface area contributed by atoms with Crippen molar-refractivity contribution < 1.29 is 4.74 Å². The van der Waals surface area contributed by atoms with Crippen LogP contribution in [0, 0.1) is 13.8 Å². The largest absolute Gasteiger partial charge is 0.494 e. The Morgan fingerprint density at radius 2 is 1.90 bits per heavy atom. The van der Waals surface area contributed by atoms with Gasteiger partial charge in [0.1, 0.15) is 5.75 Å². The van der Waals surface area contributed by atoms with Gasteiger partial charge >= 0.3 is 0 Å². The summed E-state index contributed by atoms with van der Waals surface area (Å²) in [6, 6.07) is 8.15. The highest BCUT2D eigenvalue weighted by atomic mass is 16.5. The van der Waals surface area contributed by atoms with Crippen LogP contribution in [0.2, 0.25) is 0 Å². The molecule has 0 aliphatic heterocycles. The Hall–Kier alpha value is -1.94. The van der Waals surface area contributed by atoms with Crippen molar-refractivity contribution >= 4 is 0 Å². The standard InChI is InChI=1S/C16H21N3O/c1-4-20-16-10-11(2)14(9-12(16)3)15-6-5-13(7-8-17)18-19-15/h5-6,9-10H,4,7-8,17H2,1-3H3. The van der Waals surface area contributed by atoms with Gasteiger partial charge in [0.05, 0.1) is 18.0 Å². The van der Waals surface area contributed by atoms with E-state index in [9.17, 15) is 0 Å². The third kappa shape index (κ3) is 3.14. The van der Waals surface area contributed by atoms with Gasteiger partial charge in [0.15, 0.2) is 0 Å². The fraction of sp³-hybridized carbons (Fsp3) is 0.375. The molecule has 20 heavy (non-hydrogen) atoms. The Balaban J connectivity index is 2.34. The van der Waals surface area contributed by atoms with Gasteiger partial charge < -0.3 is 10.5 Å². The first-order valence-electron chi connectivity index (χ1n) is 6.92. The van der Waals surface area contributed by atoms with Crippen LogP contribution in [0.25, 0.3) is 11.3 Å². The maximum atomic E-state index is 5.61. The first kappa shape index (κ1) is 14.5. The van der Waals surface area contributed by atoms with Crippen LogP contribution in [0.3, 0.4) is 0 Å². The molecule has 0 radical (unpaired) electrons. The number of aryl methyl sites for hydroxylation is 2. The third-order valence-electron chi connectivity index (χ3n) is 3.22. The summed E-state index contributed by atoms with van der Waals surface area (Å²) >= 11 is 0. The van der Waals surface area contributed by atoms with E-state index in [1.165, 1.54) is 0 Å². The van der Waals surface area contributed by atoms with E-state index in [2.05, 4.69) is 29.3 Å². The second kappa shape index (κ2) is 6.48. The number of benzene rings is 1. The SMILES string of the molecule is CCOc1cc(C)c(-c2ccc(CCN)nn2)cc1C. The number of ether oxygens (including phenoxy) is 1. The number of hydrogen-bond acceptors (Lipinski definition) is 4. The lowest BCUT2D eigenvalue weighted by atomic mass is 10.0. The van der Waals surface area contributed by atoms with Crippen molar-refractivity contribution in [1.82, 2.24) is 10.2 Å². The van der Waals surface area contributed by atoms with Gasteiger partial charge in [-0.3, -0.25) is 0 Å². The molecule has 0 amide bonds. The van der Waals surface area contributed by atoms with E-state index in [0.29, 0.717) is 13.2 Å². The summed E-state index contributed by atoms with van der Waals surface area (Å²) in [6.07, 6.45) is 0.758. The maximum absolute atomic E-state index is 5.61. The van der Waals surface area contributed by atoms with Crippen molar-refractivity contribution in [2.75, 3.05) is 13.2 Å². The van der Waals surface area contributed by atoms with Crippen molar-refractivity contribution in [3.63, 3.8) is 0 Å². The quantitative estimate of drug-likeness (QED) is 0.908. The summed E-state index contributed by atoms with van der Waals surface area (Å²) in [5.41, 5.74) is 10.7. The van der Waals surface area contributed by atoms with Gasteiger partial charge in [0, 0.05) is 12.0 Å². The molecule has 4 heteroatoms. The molecule has 0 unspecified atom stereocenters. The van der Waals surface area contributed by atoms with Gasteiger partial charge in [-0.2, -0.15) is 10.2 Å². The number of aromatic nitrogens is 2. The summed E-state index contributed by atoms with van der Waals surface area (Å²) in [4.78, 5) is 0. The Kier molecular flexibility index (Phi) is 4.69. The highest BCUT2D eigenvalue weighted by molar-refractivity contribution is 5.66. The van der Waals surface area contributed by atoms with Crippen molar-refractivity contribution in [2.45, 2.75) is 27.2 Å². The Morgan fingerprint density at radius 3 is 2.50 bits per heavy atom. The topological polar surface area (TPSA) is 61.0 Å². The van der Waals surface area contributed by atoms with E-state index < -0.39 is 0 Å². The Bertz CT molecular complexity index is 579. The fourth-order valence-electron chi connectivity index (χ4n) is 2.16. The van der Waals surface area contributed by atoms with E-state index in [-0.39, 0.29) is 0 Å². The fourth-order valence-corrected chi connectivity index (χ4v) is 2.16. The number of rotatable bonds is 5. The number of nitrogens with two attached hydrogens (primary N) is 1. The zero-order chi connectivity index (χ0) is 14.5. The summed E-state index contributed by atoms with van der Waals surface area (Å²) in [6.45, 7) is 7.36. The molecule has 0 aliphatic carbocycles. The first-order valence-corrected chi connectivity index (χ1v) is 6.92. The van der Waals surface area contributed by atoms with Crippen LogP contribution in [-0.4, -0.2) is 23.3 Å². The summed E-state index contributed by atoms with van der Waals surface area (Å²) in [5, 5.41) is 8.51. The zero-order valence-corrected chi connectivity index (χ0v) is 12.3. The van der Waals surface area contributed by atoms with Gasteiger partial charge in [0.2, 0.25) is 0 Å². The van der Waals surface area contributed by atoms with Crippen LogP contribution < -0.4 is 10.5 Å². The molecule has 1 heterocycles. The smallest absolute Gasteiger partial charge is 0.122 e. The van der Waals surface area contributed by atoms with Crippen molar-refractivity contribution in [1.29, 1.82) is 0 Å². The molecule has 2 aromatic rings. The minimum absolute atomic E-state index is 0.592. The van der Waals surface area contributed by atoms with Crippen molar-refractivity contribution in [3.8, 4) is 17.0 Å². The Labute approximate surface area is 120 Å². The lowest BCUT2D eigenvalue weighted by molar-refractivity contribution is 0.337. The van der Waals surface area contributed by atoms with E-state index in [1.807, 2.05) is 26.0 Å². The lowest BCUT2D eigenvalue weighted by Gasteiger charge is -2.12. The van der Waals surface area contributed by atoms with Crippen LogP contribution in [0.4, 0.5) is 0 Å².